The Morgan fingerprint density at radius 2 is 1.84 bits per heavy atom. The van der Waals surface area contributed by atoms with Crippen molar-refractivity contribution in [1.29, 1.82) is 0 Å². The third kappa shape index (κ3) is 4.36. The summed E-state index contributed by atoms with van der Waals surface area (Å²) in [5.41, 5.74) is 2.05. The van der Waals surface area contributed by atoms with Gasteiger partial charge in [-0.15, -0.1) is 0 Å². The van der Waals surface area contributed by atoms with Gasteiger partial charge in [-0.1, -0.05) is 0 Å². The number of rotatable bonds is 5. The van der Waals surface area contributed by atoms with Crippen LogP contribution in [0.1, 0.15) is 29.8 Å². The third-order valence-electron chi connectivity index (χ3n) is 5.29. The van der Waals surface area contributed by atoms with Crippen molar-refractivity contribution in [2.45, 2.75) is 32.4 Å². The van der Waals surface area contributed by atoms with Gasteiger partial charge in [0.1, 0.15) is 13.2 Å². The lowest BCUT2D eigenvalue weighted by molar-refractivity contribution is -0.123. The molecule has 0 aliphatic carbocycles. The van der Waals surface area contributed by atoms with Gasteiger partial charge < -0.3 is 19.5 Å². The van der Waals surface area contributed by atoms with Crippen LogP contribution in [0.25, 0.3) is 0 Å². The molecule has 0 saturated heterocycles. The smallest absolute Gasteiger partial charge is 0.338 e. The Hall–Kier alpha value is -3.27. The monoisotopic (exact) mass is 460 g/mol. The van der Waals surface area contributed by atoms with Crippen LogP contribution in [0, 0.1) is 0 Å². The second kappa shape index (κ2) is 8.34. The van der Waals surface area contributed by atoms with Crippen molar-refractivity contribution in [2.75, 3.05) is 29.1 Å². The first kappa shape index (κ1) is 21.9. The van der Waals surface area contributed by atoms with Gasteiger partial charge in [0.25, 0.3) is 5.91 Å². The van der Waals surface area contributed by atoms with Crippen molar-refractivity contribution in [3.63, 3.8) is 0 Å². The van der Waals surface area contributed by atoms with Gasteiger partial charge in [-0.2, -0.15) is 0 Å². The fraction of sp³-hybridized carbons (Fsp3) is 0.364. The highest BCUT2D eigenvalue weighted by atomic mass is 32.2. The fourth-order valence-corrected chi connectivity index (χ4v) is 5.15. The number of hydrogen-bond acceptors (Lipinski definition) is 7. The zero-order valence-corrected chi connectivity index (χ0v) is 18.8. The number of carbonyl (C=O) groups is 2. The molecule has 2 aliphatic rings. The van der Waals surface area contributed by atoms with Gasteiger partial charge in [-0.25, -0.2) is 13.2 Å². The molecule has 0 saturated carbocycles. The molecule has 1 N–H and O–H groups in total. The Morgan fingerprint density at radius 3 is 2.56 bits per heavy atom. The number of carbonyl (C=O) groups excluding carboxylic acids is 2. The van der Waals surface area contributed by atoms with Crippen LogP contribution in [0.15, 0.2) is 36.4 Å². The average molecular weight is 461 g/mol. The number of esters is 1. The predicted molar refractivity (Wildman–Crippen MR) is 118 cm³/mol. The summed E-state index contributed by atoms with van der Waals surface area (Å²) in [4.78, 5) is 25.1. The van der Waals surface area contributed by atoms with E-state index in [0.29, 0.717) is 42.5 Å². The maximum Gasteiger partial charge on any atom is 0.338 e. The minimum atomic E-state index is -3.42. The molecule has 4 rings (SSSR count). The topological polar surface area (TPSA) is 111 Å². The molecule has 9 nitrogen and oxygen atoms in total. The van der Waals surface area contributed by atoms with Crippen LogP contribution in [-0.2, 0) is 26.0 Å². The summed E-state index contributed by atoms with van der Waals surface area (Å²) >= 11 is 0. The zero-order valence-electron chi connectivity index (χ0n) is 18.0. The van der Waals surface area contributed by atoms with E-state index in [1.165, 1.54) is 17.3 Å². The molecule has 2 heterocycles. The lowest BCUT2D eigenvalue weighted by atomic mass is 10.1. The predicted octanol–water partition coefficient (Wildman–Crippen LogP) is 2.35. The molecule has 2 atom stereocenters. The van der Waals surface area contributed by atoms with Crippen LogP contribution in [0.4, 0.5) is 11.4 Å². The number of anilines is 2. The van der Waals surface area contributed by atoms with Crippen molar-refractivity contribution in [3.05, 3.63) is 47.5 Å². The van der Waals surface area contributed by atoms with E-state index in [2.05, 4.69) is 5.32 Å². The average Bonchev–Trinajstić information content (AvgIpc) is 3.08. The lowest BCUT2D eigenvalue weighted by Gasteiger charge is -2.22. The Bertz CT molecular complexity index is 1180. The number of nitrogens with zero attached hydrogens (tertiary/aromatic N) is 1. The summed E-state index contributed by atoms with van der Waals surface area (Å²) in [6.07, 6.45) is 0.599. The molecular formula is C22H24N2O7S. The van der Waals surface area contributed by atoms with Crippen LogP contribution < -0.4 is 19.1 Å². The van der Waals surface area contributed by atoms with Gasteiger partial charge in [0.15, 0.2) is 17.6 Å². The van der Waals surface area contributed by atoms with E-state index in [1.807, 2.05) is 6.92 Å². The molecule has 2 aromatic rings. The molecule has 2 aromatic carbocycles. The molecule has 10 heteroatoms. The molecule has 32 heavy (non-hydrogen) atoms. The standard InChI is InChI=1S/C22H24N2O7S/c1-13-10-16-11-15(4-6-18(16)24(13)32(3,27)28)22(26)31-14(2)21(25)23-17-5-7-19-20(12-17)30-9-8-29-19/h4-7,11-14H,8-10H2,1-3H3,(H,23,25). The molecule has 2 unspecified atom stereocenters. The van der Waals surface area contributed by atoms with Gasteiger partial charge in [0, 0.05) is 17.8 Å². The summed E-state index contributed by atoms with van der Waals surface area (Å²) in [6.45, 7) is 4.19. The highest BCUT2D eigenvalue weighted by Gasteiger charge is 2.33. The molecule has 170 valence electrons. The van der Waals surface area contributed by atoms with Crippen LogP contribution >= 0.6 is 0 Å². The zero-order chi connectivity index (χ0) is 23.0. The van der Waals surface area contributed by atoms with Gasteiger partial charge in [0.2, 0.25) is 10.0 Å². The third-order valence-corrected chi connectivity index (χ3v) is 6.56. The van der Waals surface area contributed by atoms with Crippen LogP contribution in [-0.4, -0.2) is 51.9 Å². The number of fused-ring (bicyclic) bond motifs is 2. The first-order valence-electron chi connectivity index (χ1n) is 10.2. The molecule has 0 fully saturated rings. The Balaban J connectivity index is 1.42. The first-order valence-corrected chi connectivity index (χ1v) is 12.0. The highest BCUT2D eigenvalue weighted by molar-refractivity contribution is 7.92. The van der Waals surface area contributed by atoms with Crippen LogP contribution in [0.2, 0.25) is 0 Å². The summed E-state index contributed by atoms with van der Waals surface area (Å²) in [5.74, 6) is -0.0144. The maximum absolute atomic E-state index is 12.6. The van der Waals surface area contributed by atoms with Crippen molar-refractivity contribution >= 4 is 33.3 Å². The summed E-state index contributed by atoms with van der Waals surface area (Å²) in [7, 11) is -3.42. The first-order chi connectivity index (χ1) is 15.1. The van der Waals surface area contributed by atoms with E-state index in [0.717, 1.165) is 11.8 Å². The number of nitrogens with one attached hydrogen (secondary N) is 1. The number of sulfonamides is 1. The number of ether oxygens (including phenoxy) is 3. The molecule has 2 aliphatic heterocycles. The van der Waals surface area contributed by atoms with E-state index < -0.39 is 28.0 Å². The van der Waals surface area contributed by atoms with Crippen molar-refractivity contribution in [2.24, 2.45) is 0 Å². The van der Waals surface area contributed by atoms with Gasteiger partial charge in [-0.05, 0) is 56.2 Å². The van der Waals surface area contributed by atoms with Gasteiger partial charge >= 0.3 is 5.97 Å². The fourth-order valence-electron chi connectivity index (χ4n) is 3.88. The van der Waals surface area contributed by atoms with Crippen LogP contribution in [0.3, 0.4) is 0 Å². The van der Waals surface area contributed by atoms with Crippen molar-refractivity contribution in [1.82, 2.24) is 0 Å². The number of hydrogen-bond donors (Lipinski definition) is 1. The van der Waals surface area contributed by atoms with Crippen LogP contribution in [0.5, 0.6) is 11.5 Å². The Labute approximate surface area is 186 Å². The van der Waals surface area contributed by atoms with E-state index >= 15 is 0 Å². The lowest BCUT2D eigenvalue weighted by Crippen LogP contribution is -2.34. The molecule has 0 radical (unpaired) electrons. The largest absolute Gasteiger partial charge is 0.486 e. The molecule has 0 bridgehead atoms. The summed E-state index contributed by atoms with van der Waals surface area (Å²) in [6, 6.07) is 9.50. The second-order valence-electron chi connectivity index (χ2n) is 7.85. The van der Waals surface area contributed by atoms with Crippen molar-refractivity contribution < 1.29 is 32.2 Å². The summed E-state index contributed by atoms with van der Waals surface area (Å²) < 4.78 is 41.7. The van der Waals surface area contributed by atoms with E-state index in [9.17, 15) is 18.0 Å². The summed E-state index contributed by atoms with van der Waals surface area (Å²) in [5, 5.41) is 2.69. The van der Waals surface area contributed by atoms with Gasteiger partial charge in [-0.3, -0.25) is 9.10 Å². The highest BCUT2D eigenvalue weighted by Crippen LogP contribution is 2.35. The normalized spacial score (nSPS) is 18.0. The quantitative estimate of drug-likeness (QED) is 0.682. The molecule has 1 amide bonds. The van der Waals surface area contributed by atoms with Gasteiger partial charge in [0.05, 0.1) is 17.5 Å². The van der Waals surface area contributed by atoms with E-state index in [-0.39, 0.29) is 11.6 Å². The maximum atomic E-state index is 12.6. The Kier molecular flexibility index (Phi) is 5.72. The van der Waals surface area contributed by atoms with E-state index in [1.54, 1.807) is 30.3 Å². The number of amides is 1. The minimum Gasteiger partial charge on any atom is -0.486 e. The molecular weight excluding hydrogens is 436 g/mol. The SMILES string of the molecule is CC(OC(=O)c1ccc2c(c1)CC(C)N2S(C)(=O)=O)C(=O)Nc1ccc2c(c1)OCCO2. The van der Waals surface area contributed by atoms with E-state index in [4.69, 9.17) is 14.2 Å². The minimum absolute atomic E-state index is 0.234. The Morgan fingerprint density at radius 1 is 1.12 bits per heavy atom. The molecule has 0 spiro atoms. The van der Waals surface area contributed by atoms with Crippen molar-refractivity contribution in [3.8, 4) is 11.5 Å². The second-order valence-corrected chi connectivity index (χ2v) is 9.71. The molecule has 0 aromatic heterocycles. The number of benzene rings is 2.